The lowest BCUT2D eigenvalue weighted by atomic mass is 10.2. The summed E-state index contributed by atoms with van der Waals surface area (Å²) in [7, 11) is 1.54. The number of rotatable bonds is 3. The van der Waals surface area contributed by atoms with Crippen molar-refractivity contribution in [1.82, 2.24) is 5.32 Å². The largest absolute Gasteiger partial charge is 0.497 e. The fourth-order valence-corrected chi connectivity index (χ4v) is 1.14. The molecule has 1 rings (SSSR count). The summed E-state index contributed by atoms with van der Waals surface area (Å²) in [5, 5.41) is 2.23. The summed E-state index contributed by atoms with van der Waals surface area (Å²) >= 11 is 16.3. The van der Waals surface area contributed by atoms with Crippen LogP contribution in [0.4, 0.5) is 0 Å². The standard InChI is InChI=1S/C10H8Cl3NO2/c1-16-7-4-2-6(3-5-7)10(15)14-9(13)8(11)12/h2-5H,1H3,(H,14,15). The number of halogens is 3. The Bertz CT molecular complexity index is 411. The maximum atomic E-state index is 11.6. The summed E-state index contributed by atoms with van der Waals surface area (Å²) in [6, 6.07) is 6.52. The van der Waals surface area contributed by atoms with Crippen molar-refractivity contribution >= 4 is 40.7 Å². The van der Waals surface area contributed by atoms with E-state index in [9.17, 15) is 4.79 Å². The van der Waals surface area contributed by atoms with Crippen molar-refractivity contribution in [2.45, 2.75) is 0 Å². The van der Waals surface area contributed by atoms with Gasteiger partial charge in [0.05, 0.1) is 7.11 Å². The van der Waals surface area contributed by atoms with Gasteiger partial charge in [-0.05, 0) is 24.3 Å². The predicted molar refractivity (Wildman–Crippen MR) is 65.0 cm³/mol. The van der Waals surface area contributed by atoms with Crippen molar-refractivity contribution in [2.75, 3.05) is 7.11 Å². The smallest absolute Gasteiger partial charge is 0.256 e. The second kappa shape index (κ2) is 5.99. The number of benzene rings is 1. The maximum Gasteiger partial charge on any atom is 0.256 e. The summed E-state index contributed by atoms with van der Waals surface area (Å²) in [5.74, 6) is 0.264. The first-order valence-corrected chi connectivity index (χ1v) is 5.34. The molecule has 0 fully saturated rings. The van der Waals surface area contributed by atoms with E-state index in [1.54, 1.807) is 31.4 Å². The monoisotopic (exact) mass is 279 g/mol. The van der Waals surface area contributed by atoms with E-state index in [4.69, 9.17) is 39.5 Å². The molecule has 0 aliphatic carbocycles. The van der Waals surface area contributed by atoms with Gasteiger partial charge in [-0.25, -0.2) is 0 Å². The van der Waals surface area contributed by atoms with Crippen LogP contribution in [0.15, 0.2) is 33.9 Å². The Labute approximate surface area is 108 Å². The zero-order chi connectivity index (χ0) is 12.1. The number of methoxy groups -OCH3 is 1. The molecular formula is C10H8Cl3NO2. The highest BCUT2D eigenvalue weighted by Gasteiger charge is 2.08. The van der Waals surface area contributed by atoms with Gasteiger partial charge in [-0.3, -0.25) is 4.79 Å². The molecule has 0 aromatic heterocycles. The second-order valence-corrected chi connectivity index (χ2v) is 4.08. The van der Waals surface area contributed by atoms with E-state index in [2.05, 4.69) is 5.32 Å². The summed E-state index contributed by atoms with van der Waals surface area (Å²) in [4.78, 5) is 11.6. The molecule has 0 unspecified atom stereocenters. The van der Waals surface area contributed by atoms with Crippen LogP contribution in [0, 0.1) is 0 Å². The van der Waals surface area contributed by atoms with Gasteiger partial charge in [0, 0.05) is 5.56 Å². The van der Waals surface area contributed by atoms with Crippen molar-refractivity contribution < 1.29 is 9.53 Å². The molecule has 0 bridgehead atoms. The van der Waals surface area contributed by atoms with Crippen LogP contribution in [-0.4, -0.2) is 13.0 Å². The Hall–Kier alpha value is -0.900. The van der Waals surface area contributed by atoms with Gasteiger partial charge in [0.25, 0.3) is 5.91 Å². The Morgan fingerprint density at radius 2 is 1.75 bits per heavy atom. The number of hydrogen-bond donors (Lipinski definition) is 1. The Morgan fingerprint density at radius 3 is 2.19 bits per heavy atom. The minimum absolute atomic E-state index is 0.107. The molecule has 0 aliphatic heterocycles. The molecule has 1 amide bonds. The fourth-order valence-electron chi connectivity index (χ4n) is 0.961. The first-order valence-electron chi connectivity index (χ1n) is 4.20. The van der Waals surface area contributed by atoms with Gasteiger partial charge in [0.1, 0.15) is 15.4 Å². The number of carbonyl (C=O) groups excluding carboxylic acids is 1. The number of hydrogen-bond acceptors (Lipinski definition) is 2. The molecule has 0 heterocycles. The van der Waals surface area contributed by atoms with Crippen molar-refractivity contribution in [3.8, 4) is 5.75 Å². The van der Waals surface area contributed by atoms with Crippen LogP contribution >= 0.6 is 34.8 Å². The molecule has 86 valence electrons. The van der Waals surface area contributed by atoms with Crippen LogP contribution in [0.5, 0.6) is 5.75 Å². The van der Waals surface area contributed by atoms with Gasteiger partial charge >= 0.3 is 0 Å². The fraction of sp³-hybridized carbons (Fsp3) is 0.100. The topological polar surface area (TPSA) is 38.3 Å². The third-order valence-corrected chi connectivity index (χ3v) is 2.60. The molecule has 0 saturated heterocycles. The molecule has 16 heavy (non-hydrogen) atoms. The Morgan fingerprint density at radius 1 is 1.19 bits per heavy atom. The molecule has 1 aromatic carbocycles. The normalized spacial score (nSPS) is 9.50. The molecular weight excluding hydrogens is 272 g/mol. The molecule has 0 saturated carbocycles. The van der Waals surface area contributed by atoms with Crippen molar-refractivity contribution in [3.05, 3.63) is 39.5 Å². The first kappa shape index (κ1) is 13.2. The van der Waals surface area contributed by atoms with E-state index in [1.807, 2.05) is 0 Å². The predicted octanol–water partition coefficient (Wildman–Crippen LogP) is 3.27. The Kier molecular flexibility index (Phi) is 4.93. The molecule has 1 aromatic rings. The SMILES string of the molecule is COc1ccc(C(=O)NC(Cl)=C(Cl)Cl)cc1. The summed E-state index contributed by atoms with van der Waals surface area (Å²) in [6.07, 6.45) is 0. The zero-order valence-electron chi connectivity index (χ0n) is 8.26. The van der Waals surface area contributed by atoms with Gasteiger partial charge in [-0.15, -0.1) is 0 Å². The number of ether oxygens (including phenoxy) is 1. The van der Waals surface area contributed by atoms with Gasteiger partial charge in [0.2, 0.25) is 0 Å². The molecule has 0 atom stereocenters. The molecule has 3 nitrogen and oxygen atoms in total. The van der Waals surface area contributed by atoms with E-state index in [0.29, 0.717) is 11.3 Å². The third kappa shape index (κ3) is 3.59. The molecule has 6 heteroatoms. The highest BCUT2D eigenvalue weighted by atomic mass is 35.5. The first-order chi connectivity index (χ1) is 7.54. The quantitative estimate of drug-likeness (QED) is 0.863. The third-order valence-electron chi connectivity index (χ3n) is 1.74. The lowest BCUT2D eigenvalue weighted by Gasteiger charge is -2.04. The summed E-state index contributed by atoms with van der Waals surface area (Å²) in [5.41, 5.74) is 0.425. The minimum atomic E-state index is -0.397. The summed E-state index contributed by atoms with van der Waals surface area (Å²) in [6.45, 7) is 0. The van der Waals surface area contributed by atoms with Crippen molar-refractivity contribution in [3.63, 3.8) is 0 Å². The van der Waals surface area contributed by atoms with Crippen LogP contribution in [0.3, 0.4) is 0 Å². The maximum absolute atomic E-state index is 11.6. The van der Waals surface area contributed by atoms with E-state index in [0.717, 1.165) is 0 Å². The van der Waals surface area contributed by atoms with Crippen LogP contribution in [0.1, 0.15) is 10.4 Å². The molecule has 0 radical (unpaired) electrons. The zero-order valence-corrected chi connectivity index (χ0v) is 10.5. The lowest BCUT2D eigenvalue weighted by molar-refractivity contribution is 0.0968. The van der Waals surface area contributed by atoms with Gasteiger partial charge < -0.3 is 10.1 Å². The second-order valence-electron chi connectivity index (χ2n) is 2.76. The van der Waals surface area contributed by atoms with Crippen LogP contribution < -0.4 is 10.1 Å². The van der Waals surface area contributed by atoms with E-state index in [1.165, 1.54) is 0 Å². The number of nitrogens with one attached hydrogen (secondary N) is 1. The van der Waals surface area contributed by atoms with Crippen LogP contribution in [0.25, 0.3) is 0 Å². The van der Waals surface area contributed by atoms with E-state index >= 15 is 0 Å². The highest BCUT2D eigenvalue weighted by Crippen LogP contribution is 2.16. The molecule has 0 aliphatic rings. The summed E-state index contributed by atoms with van der Waals surface area (Å²) < 4.78 is 4.77. The van der Waals surface area contributed by atoms with Gasteiger partial charge in [-0.1, -0.05) is 34.8 Å². The average Bonchev–Trinajstić information content (AvgIpc) is 2.28. The van der Waals surface area contributed by atoms with Gasteiger partial charge in [0.15, 0.2) is 0 Å². The van der Waals surface area contributed by atoms with Crippen molar-refractivity contribution in [2.24, 2.45) is 0 Å². The number of amides is 1. The lowest BCUT2D eigenvalue weighted by Crippen LogP contribution is -2.20. The van der Waals surface area contributed by atoms with E-state index < -0.39 is 5.91 Å². The average molecular weight is 281 g/mol. The van der Waals surface area contributed by atoms with E-state index in [-0.39, 0.29) is 9.65 Å². The molecule has 1 N–H and O–H groups in total. The van der Waals surface area contributed by atoms with Crippen LogP contribution in [0.2, 0.25) is 0 Å². The van der Waals surface area contributed by atoms with Gasteiger partial charge in [-0.2, -0.15) is 0 Å². The Balaban J connectivity index is 2.78. The molecule has 0 spiro atoms. The minimum Gasteiger partial charge on any atom is -0.497 e. The number of carbonyl (C=O) groups is 1. The highest BCUT2D eigenvalue weighted by molar-refractivity contribution is 6.59. The van der Waals surface area contributed by atoms with Crippen LogP contribution in [-0.2, 0) is 0 Å². The van der Waals surface area contributed by atoms with Crippen molar-refractivity contribution in [1.29, 1.82) is 0 Å².